The Balaban J connectivity index is 2.70. The van der Waals surface area contributed by atoms with Gasteiger partial charge in [0, 0.05) is 20.5 Å². The first-order valence-electron chi connectivity index (χ1n) is 5.22. The lowest BCUT2D eigenvalue weighted by molar-refractivity contribution is 1.17. The fourth-order valence-electron chi connectivity index (χ4n) is 1.95. The van der Waals surface area contributed by atoms with Gasteiger partial charge in [0.15, 0.2) is 0 Å². The first kappa shape index (κ1) is 10.2. The summed E-state index contributed by atoms with van der Waals surface area (Å²) in [5.74, 6) is 0. The summed E-state index contributed by atoms with van der Waals surface area (Å²) in [5.41, 5.74) is 0.288. The van der Waals surface area contributed by atoms with Crippen LogP contribution in [0.5, 0.6) is 0 Å². The molecule has 1 aromatic carbocycles. The van der Waals surface area contributed by atoms with Gasteiger partial charge >= 0.3 is 0 Å². The number of pyridine rings is 1. The van der Waals surface area contributed by atoms with Crippen LogP contribution < -0.4 is 11.0 Å². The fourth-order valence-corrected chi connectivity index (χ4v) is 3.13. The normalized spacial score (nSPS) is 11.1. The largest absolute Gasteiger partial charge is 0.326 e. The summed E-state index contributed by atoms with van der Waals surface area (Å²) >= 11 is 1.47. The van der Waals surface area contributed by atoms with E-state index in [9.17, 15) is 9.59 Å². The molecule has 0 amide bonds. The molecule has 0 fully saturated rings. The van der Waals surface area contributed by atoms with Crippen molar-refractivity contribution >= 4 is 31.5 Å². The predicted molar refractivity (Wildman–Crippen MR) is 71.0 cm³/mol. The average Bonchev–Trinajstić information content (AvgIpc) is 2.28. The van der Waals surface area contributed by atoms with E-state index in [2.05, 4.69) is 4.98 Å². The molecule has 3 aromatic rings. The lowest BCUT2D eigenvalue weighted by Gasteiger charge is -2.00. The minimum atomic E-state index is -0.299. The molecule has 0 spiro atoms. The molecule has 2 aromatic heterocycles. The van der Waals surface area contributed by atoms with Crippen LogP contribution in [0.1, 0.15) is 5.69 Å². The molecule has 0 bridgehead atoms. The zero-order chi connectivity index (χ0) is 12.0. The Labute approximate surface area is 100 Å². The molecule has 0 aliphatic rings. The molecule has 0 unspecified atom stereocenters. The molecule has 0 saturated heterocycles. The van der Waals surface area contributed by atoms with Crippen LogP contribution in [0.2, 0.25) is 0 Å². The highest BCUT2D eigenvalue weighted by molar-refractivity contribution is 7.24. The van der Waals surface area contributed by atoms with Crippen LogP contribution in [-0.2, 0) is 0 Å². The quantitative estimate of drug-likeness (QED) is 0.616. The summed E-state index contributed by atoms with van der Waals surface area (Å²) in [7, 11) is 0. The fraction of sp³-hybridized carbons (Fsp3) is 0.0769. The van der Waals surface area contributed by atoms with Crippen molar-refractivity contribution in [1.82, 2.24) is 4.98 Å². The number of hydrogen-bond donors (Lipinski definition) is 1. The second kappa shape index (κ2) is 3.53. The highest BCUT2D eigenvalue weighted by Crippen LogP contribution is 2.22. The minimum Gasteiger partial charge on any atom is -0.326 e. The van der Waals surface area contributed by atoms with E-state index in [1.807, 2.05) is 31.2 Å². The highest BCUT2D eigenvalue weighted by atomic mass is 32.1. The van der Waals surface area contributed by atoms with Gasteiger partial charge in [0.25, 0.3) is 5.56 Å². The van der Waals surface area contributed by atoms with Crippen molar-refractivity contribution in [1.29, 1.82) is 0 Å². The van der Waals surface area contributed by atoms with Crippen LogP contribution in [-0.4, -0.2) is 4.98 Å². The summed E-state index contributed by atoms with van der Waals surface area (Å²) in [4.78, 5) is 26.7. The zero-order valence-corrected chi connectivity index (χ0v) is 9.93. The van der Waals surface area contributed by atoms with Gasteiger partial charge in [-0.15, -0.1) is 11.3 Å². The lowest BCUT2D eigenvalue weighted by Crippen LogP contribution is -2.16. The van der Waals surface area contributed by atoms with Crippen molar-refractivity contribution in [3.05, 3.63) is 56.6 Å². The molecule has 4 heteroatoms. The first-order chi connectivity index (χ1) is 8.16. The number of nitrogens with one attached hydrogen (secondary N) is 1. The third-order valence-electron chi connectivity index (χ3n) is 2.71. The second-order valence-corrected chi connectivity index (χ2v) is 5.03. The van der Waals surface area contributed by atoms with E-state index in [1.165, 1.54) is 11.3 Å². The van der Waals surface area contributed by atoms with Crippen LogP contribution in [0.15, 0.2) is 39.9 Å². The maximum atomic E-state index is 12.2. The Morgan fingerprint density at radius 2 is 1.88 bits per heavy atom. The van der Waals surface area contributed by atoms with E-state index >= 15 is 0 Å². The van der Waals surface area contributed by atoms with Crippen molar-refractivity contribution < 1.29 is 0 Å². The summed E-state index contributed by atoms with van der Waals surface area (Å²) < 4.78 is 1.66. The predicted octanol–water partition coefficient (Wildman–Crippen LogP) is 2.41. The first-order valence-corrected chi connectivity index (χ1v) is 6.04. The van der Waals surface area contributed by atoms with Gasteiger partial charge in [-0.2, -0.15) is 0 Å². The summed E-state index contributed by atoms with van der Waals surface area (Å²) in [6.07, 6.45) is 0. The molecule has 84 valence electrons. The molecule has 0 aliphatic carbocycles. The molecular weight excluding hydrogens is 234 g/mol. The Kier molecular flexibility index (Phi) is 2.12. The number of benzene rings is 1. The standard InChI is InChI=1S/C13H9NO2S/c1-7-6-10-11(13(16)14-7)12(15)8-4-2-3-5-9(8)17-10/h2-6H,1H3,(H,14,16). The number of rotatable bonds is 0. The monoisotopic (exact) mass is 243 g/mol. The van der Waals surface area contributed by atoms with Gasteiger partial charge in [-0.25, -0.2) is 0 Å². The van der Waals surface area contributed by atoms with Crippen molar-refractivity contribution in [2.24, 2.45) is 0 Å². The van der Waals surface area contributed by atoms with Gasteiger partial charge < -0.3 is 4.98 Å². The van der Waals surface area contributed by atoms with Crippen LogP contribution >= 0.6 is 11.3 Å². The third kappa shape index (κ3) is 1.49. The van der Waals surface area contributed by atoms with E-state index in [0.29, 0.717) is 5.39 Å². The lowest BCUT2D eigenvalue weighted by atomic mass is 10.2. The van der Waals surface area contributed by atoms with Gasteiger partial charge in [0.05, 0.1) is 0 Å². The van der Waals surface area contributed by atoms with E-state index in [1.54, 1.807) is 6.07 Å². The van der Waals surface area contributed by atoms with Gasteiger partial charge in [0.2, 0.25) is 5.43 Å². The Bertz CT molecular complexity index is 845. The molecule has 0 radical (unpaired) electrons. The maximum Gasteiger partial charge on any atom is 0.260 e. The molecule has 0 atom stereocenters. The molecule has 3 rings (SSSR count). The Morgan fingerprint density at radius 3 is 2.71 bits per heavy atom. The smallest absolute Gasteiger partial charge is 0.260 e. The molecule has 17 heavy (non-hydrogen) atoms. The number of fused-ring (bicyclic) bond motifs is 2. The number of aromatic amines is 1. The molecule has 3 nitrogen and oxygen atoms in total. The number of hydrogen-bond acceptors (Lipinski definition) is 3. The van der Waals surface area contributed by atoms with Crippen molar-refractivity contribution in [2.45, 2.75) is 6.92 Å². The van der Waals surface area contributed by atoms with Gasteiger partial charge in [-0.3, -0.25) is 9.59 Å². The van der Waals surface area contributed by atoms with Crippen LogP contribution in [0, 0.1) is 6.92 Å². The van der Waals surface area contributed by atoms with E-state index in [4.69, 9.17) is 0 Å². The van der Waals surface area contributed by atoms with Crippen molar-refractivity contribution in [2.75, 3.05) is 0 Å². The molecule has 2 heterocycles. The van der Waals surface area contributed by atoms with E-state index in [-0.39, 0.29) is 16.4 Å². The van der Waals surface area contributed by atoms with Crippen LogP contribution in [0.4, 0.5) is 0 Å². The zero-order valence-electron chi connectivity index (χ0n) is 9.11. The van der Waals surface area contributed by atoms with E-state index < -0.39 is 0 Å². The number of aromatic nitrogens is 1. The van der Waals surface area contributed by atoms with E-state index in [0.717, 1.165) is 15.1 Å². The molecule has 0 saturated carbocycles. The Morgan fingerprint density at radius 1 is 1.12 bits per heavy atom. The summed E-state index contributed by atoms with van der Waals surface area (Å²) in [5, 5.41) is 0.874. The third-order valence-corrected chi connectivity index (χ3v) is 3.83. The highest BCUT2D eigenvalue weighted by Gasteiger charge is 2.09. The van der Waals surface area contributed by atoms with Crippen LogP contribution in [0.25, 0.3) is 20.2 Å². The molecule has 1 N–H and O–H groups in total. The number of aryl methyl sites for hydroxylation is 1. The summed E-state index contributed by atoms with van der Waals surface area (Å²) in [6, 6.07) is 9.20. The summed E-state index contributed by atoms with van der Waals surface area (Å²) in [6.45, 7) is 1.81. The van der Waals surface area contributed by atoms with Gasteiger partial charge in [0.1, 0.15) is 5.39 Å². The molecular formula is C13H9NO2S. The minimum absolute atomic E-state index is 0.185. The number of H-pyrrole nitrogens is 1. The maximum absolute atomic E-state index is 12.2. The SMILES string of the molecule is Cc1cc2sc3ccccc3c(=O)c2c(=O)[nH]1. The topological polar surface area (TPSA) is 49.9 Å². The van der Waals surface area contributed by atoms with Crippen molar-refractivity contribution in [3.63, 3.8) is 0 Å². The van der Waals surface area contributed by atoms with Gasteiger partial charge in [-0.1, -0.05) is 12.1 Å². The van der Waals surface area contributed by atoms with Gasteiger partial charge in [-0.05, 0) is 25.1 Å². The Hall–Kier alpha value is -1.94. The van der Waals surface area contributed by atoms with Crippen molar-refractivity contribution in [3.8, 4) is 0 Å². The van der Waals surface area contributed by atoms with Crippen LogP contribution in [0.3, 0.4) is 0 Å². The average molecular weight is 243 g/mol. The molecule has 0 aliphatic heterocycles. The second-order valence-electron chi connectivity index (χ2n) is 3.95.